The maximum atomic E-state index is 9.28. The van der Waals surface area contributed by atoms with Crippen LogP contribution in [0.15, 0.2) is 48.8 Å². The summed E-state index contributed by atoms with van der Waals surface area (Å²) in [6, 6.07) is 10.7. The van der Waals surface area contributed by atoms with Gasteiger partial charge in [0.2, 0.25) is 5.95 Å². The number of hydrogen-bond donors (Lipinski definition) is 3. The molecule has 3 rings (SSSR count). The van der Waals surface area contributed by atoms with Gasteiger partial charge in [-0.3, -0.25) is 4.98 Å². The first kappa shape index (κ1) is 18.4. The third kappa shape index (κ3) is 4.40. The van der Waals surface area contributed by atoms with Gasteiger partial charge in [-0.15, -0.1) is 0 Å². The standard InChI is InChI=1S/C18H17Cl2N5O/c1-11(10-26)22-18-24-15(12-5-7-21-8-6-12)9-16(25-18)23-14-4-2-3-13(19)17(14)20/h2-9,11,26H,10H2,1H3,(H2,22,23,24,25)/t11-/m0/s1. The lowest BCUT2D eigenvalue weighted by Gasteiger charge is -2.15. The number of aromatic nitrogens is 3. The van der Waals surface area contributed by atoms with Crippen LogP contribution in [0.1, 0.15) is 6.92 Å². The molecular formula is C18H17Cl2N5O. The molecule has 0 unspecified atom stereocenters. The molecule has 8 heteroatoms. The van der Waals surface area contributed by atoms with Gasteiger partial charge in [0.15, 0.2) is 0 Å². The number of nitrogens with zero attached hydrogens (tertiary/aromatic N) is 3. The van der Waals surface area contributed by atoms with Crippen LogP contribution in [0.4, 0.5) is 17.5 Å². The molecule has 1 aromatic carbocycles. The Morgan fingerprint density at radius 3 is 2.62 bits per heavy atom. The van der Waals surface area contributed by atoms with E-state index in [0.29, 0.717) is 33.2 Å². The summed E-state index contributed by atoms with van der Waals surface area (Å²) < 4.78 is 0. The lowest BCUT2D eigenvalue weighted by molar-refractivity contribution is 0.281. The van der Waals surface area contributed by atoms with Crippen LogP contribution in [0.5, 0.6) is 0 Å². The Morgan fingerprint density at radius 1 is 1.12 bits per heavy atom. The van der Waals surface area contributed by atoms with Gasteiger partial charge < -0.3 is 15.7 Å². The van der Waals surface area contributed by atoms with E-state index in [4.69, 9.17) is 23.2 Å². The van der Waals surface area contributed by atoms with E-state index in [1.54, 1.807) is 30.6 Å². The molecular weight excluding hydrogens is 373 g/mol. The molecule has 1 atom stereocenters. The molecule has 0 saturated heterocycles. The van der Waals surface area contributed by atoms with Gasteiger partial charge in [0, 0.05) is 30.1 Å². The second-order valence-electron chi connectivity index (χ2n) is 5.65. The van der Waals surface area contributed by atoms with Gasteiger partial charge in [0.1, 0.15) is 5.82 Å². The summed E-state index contributed by atoms with van der Waals surface area (Å²) in [5.74, 6) is 0.935. The highest BCUT2D eigenvalue weighted by atomic mass is 35.5. The van der Waals surface area contributed by atoms with Gasteiger partial charge in [-0.1, -0.05) is 29.3 Å². The Hall–Kier alpha value is -2.41. The van der Waals surface area contributed by atoms with Crippen molar-refractivity contribution in [3.63, 3.8) is 0 Å². The fourth-order valence-corrected chi connectivity index (χ4v) is 2.60. The second-order valence-corrected chi connectivity index (χ2v) is 6.44. The molecule has 26 heavy (non-hydrogen) atoms. The minimum atomic E-state index is -0.190. The Kier molecular flexibility index (Phi) is 5.88. The first-order valence-corrected chi connectivity index (χ1v) is 8.70. The third-order valence-electron chi connectivity index (χ3n) is 3.57. The van der Waals surface area contributed by atoms with Crippen molar-refractivity contribution in [2.24, 2.45) is 0 Å². The number of nitrogens with one attached hydrogen (secondary N) is 2. The fraction of sp³-hybridized carbons (Fsp3) is 0.167. The molecule has 6 nitrogen and oxygen atoms in total. The van der Waals surface area contributed by atoms with Crippen molar-refractivity contribution in [1.82, 2.24) is 15.0 Å². The van der Waals surface area contributed by atoms with E-state index >= 15 is 0 Å². The lowest BCUT2D eigenvalue weighted by Crippen LogP contribution is -2.21. The number of pyridine rings is 1. The summed E-state index contributed by atoms with van der Waals surface area (Å²) in [6.45, 7) is 1.80. The normalized spacial score (nSPS) is 11.8. The Labute approximate surface area is 161 Å². The van der Waals surface area contributed by atoms with E-state index in [9.17, 15) is 5.11 Å². The zero-order valence-electron chi connectivity index (χ0n) is 13.9. The number of rotatable bonds is 6. The number of aliphatic hydroxyl groups is 1. The summed E-state index contributed by atoms with van der Waals surface area (Å²) in [7, 11) is 0. The molecule has 0 amide bonds. The van der Waals surface area contributed by atoms with Gasteiger partial charge in [0.25, 0.3) is 0 Å². The molecule has 0 bridgehead atoms. The van der Waals surface area contributed by atoms with Crippen molar-refractivity contribution in [3.8, 4) is 11.3 Å². The average Bonchev–Trinajstić information content (AvgIpc) is 2.66. The fourth-order valence-electron chi connectivity index (χ4n) is 2.25. The minimum absolute atomic E-state index is 0.0360. The molecule has 3 N–H and O–H groups in total. The molecule has 0 aliphatic rings. The topological polar surface area (TPSA) is 83.0 Å². The molecule has 0 saturated carbocycles. The van der Waals surface area contributed by atoms with Crippen molar-refractivity contribution in [3.05, 3.63) is 58.8 Å². The van der Waals surface area contributed by atoms with Gasteiger partial charge in [-0.05, 0) is 31.2 Å². The van der Waals surface area contributed by atoms with E-state index < -0.39 is 0 Å². The van der Waals surface area contributed by atoms with Crippen molar-refractivity contribution >= 4 is 40.7 Å². The molecule has 134 valence electrons. The van der Waals surface area contributed by atoms with Crippen LogP contribution < -0.4 is 10.6 Å². The van der Waals surface area contributed by atoms with Crippen molar-refractivity contribution in [2.75, 3.05) is 17.2 Å². The van der Waals surface area contributed by atoms with Crippen LogP contribution in [0.2, 0.25) is 10.0 Å². The number of aliphatic hydroxyl groups excluding tert-OH is 1. The van der Waals surface area contributed by atoms with Crippen molar-refractivity contribution in [2.45, 2.75) is 13.0 Å². The molecule has 0 spiro atoms. The van der Waals surface area contributed by atoms with Crippen LogP contribution in [-0.2, 0) is 0 Å². The Morgan fingerprint density at radius 2 is 1.88 bits per heavy atom. The minimum Gasteiger partial charge on any atom is -0.394 e. The predicted molar refractivity (Wildman–Crippen MR) is 105 cm³/mol. The summed E-state index contributed by atoms with van der Waals surface area (Å²) in [5.41, 5.74) is 2.23. The van der Waals surface area contributed by atoms with Crippen LogP contribution in [0.3, 0.4) is 0 Å². The zero-order chi connectivity index (χ0) is 18.5. The Bertz CT molecular complexity index is 892. The van der Waals surface area contributed by atoms with Crippen LogP contribution in [0.25, 0.3) is 11.3 Å². The maximum absolute atomic E-state index is 9.28. The SMILES string of the molecule is C[C@@H](CO)Nc1nc(Nc2cccc(Cl)c2Cl)cc(-c2ccncc2)n1. The second kappa shape index (κ2) is 8.31. The van der Waals surface area contributed by atoms with Crippen LogP contribution >= 0.6 is 23.2 Å². The Balaban J connectivity index is 2.00. The number of benzene rings is 1. The zero-order valence-corrected chi connectivity index (χ0v) is 15.5. The quantitative estimate of drug-likeness (QED) is 0.579. The van der Waals surface area contributed by atoms with E-state index in [1.807, 2.05) is 25.1 Å². The van der Waals surface area contributed by atoms with Crippen LogP contribution in [0, 0.1) is 0 Å². The summed E-state index contributed by atoms with van der Waals surface area (Å²) in [5, 5.41) is 16.4. The van der Waals surface area contributed by atoms with Crippen molar-refractivity contribution in [1.29, 1.82) is 0 Å². The molecule has 2 aromatic heterocycles. The largest absolute Gasteiger partial charge is 0.394 e. The van der Waals surface area contributed by atoms with E-state index in [0.717, 1.165) is 5.56 Å². The van der Waals surface area contributed by atoms with Gasteiger partial charge in [0.05, 0.1) is 28.0 Å². The van der Waals surface area contributed by atoms with Gasteiger partial charge in [-0.2, -0.15) is 4.98 Å². The average molecular weight is 390 g/mol. The number of anilines is 3. The predicted octanol–water partition coefficient (Wildman–Crippen LogP) is 4.38. The van der Waals surface area contributed by atoms with E-state index in [-0.39, 0.29) is 12.6 Å². The smallest absolute Gasteiger partial charge is 0.225 e. The number of halogens is 2. The summed E-state index contributed by atoms with van der Waals surface area (Å²) in [4.78, 5) is 13.0. The highest BCUT2D eigenvalue weighted by Gasteiger charge is 2.11. The molecule has 2 heterocycles. The first-order valence-electron chi connectivity index (χ1n) is 7.94. The van der Waals surface area contributed by atoms with Gasteiger partial charge in [-0.25, -0.2) is 4.98 Å². The third-order valence-corrected chi connectivity index (χ3v) is 4.38. The number of hydrogen-bond acceptors (Lipinski definition) is 6. The summed E-state index contributed by atoms with van der Waals surface area (Å²) >= 11 is 12.3. The molecule has 0 radical (unpaired) electrons. The monoisotopic (exact) mass is 389 g/mol. The summed E-state index contributed by atoms with van der Waals surface area (Å²) in [6.07, 6.45) is 3.39. The first-order chi connectivity index (χ1) is 12.6. The van der Waals surface area contributed by atoms with E-state index in [1.165, 1.54) is 0 Å². The van der Waals surface area contributed by atoms with Crippen molar-refractivity contribution < 1.29 is 5.11 Å². The molecule has 0 fully saturated rings. The molecule has 3 aromatic rings. The molecule has 0 aliphatic carbocycles. The molecule has 0 aliphatic heterocycles. The van der Waals surface area contributed by atoms with E-state index in [2.05, 4.69) is 25.6 Å². The van der Waals surface area contributed by atoms with Crippen LogP contribution in [-0.4, -0.2) is 32.7 Å². The maximum Gasteiger partial charge on any atom is 0.225 e. The van der Waals surface area contributed by atoms with Gasteiger partial charge >= 0.3 is 0 Å². The highest BCUT2D eigenvalue weighted by Crippen LogP contribution is 2.32. The lowest BCUT2D eigenvalue weighted by atomic mass is 10.2. The highest BCUT2D eigenvalue weighted by molar-refractivity contribution is 6.43.